The SMILES string of the molecule is COc1ccc(C(OC[C@H]2O[C@@H](n3cc(C)c(=O)[nH]c3=O)C[C@@H]2OC(C)=O)(c2ccccc2)c2ccc(OC)cc2)cc1.Cc1cn([C@H]2C[C@@](O)([P+](=O)Oc3ccccc3Cl)[C@@H](CO)O2)c(=O)[nH]c1=O. The maximum atomic E-state index is 12.7. The Labute approximate surface area is 405 Å². The zero-order valence-electron chi connectivity index (χ0n) is 38.6. The second-order valence-electron chi connectivity index (χ2n) is 16.4. The van der Waals surface area contributed by atoms with E-state index < -0.39 is 84.8 Å². The number of nitrogens with zero attached hydrogens (tertiary/aromatic N) is 2. The lowest BCUT2D eigenvalue weighted by Gasteiger charge is -2.37. The molecule has 4 N–H and O–H groups in total. The summed E-state index contributed by atoms with van der Waals surface area (Å²) >= 11 is 5.97. The van der Waals surface area contributed by atoms with E-state index in [1.165, 1.54) is 42.9 Å². The minimum Gasteiger partial charge on any atom is -0.497 e. The number of carbonyl (C=O) groups excluding carboxylic acids is 1. The van der Waals surface area contributed by atoms with Crippen LogP contribution in [0.2, 0.25) is 5.02 Å². The second kappa shape index (κ2) is 21.9. The van der Waals surface area contributed by atoms with Crippen LogP contribution in [0.15, 0.2) is 135 Å². The number of methoxy groups -OCH3 is 2. The Kier molecular flexibility index (Phi) is 16.0. The Bertz CT molecular complexity index is 3010. The molecule has 2 saturated heterocycles. The number of H-pyrrole nitrogens is 2. The van der Waals surface area contributed by atoms with E-state index in [1.54, 1.807) is 33.3 Å². The third-order valence-corrected chi connectivity index (χ3v) is 13.6. The molecule has 7 atom stereocenters. The highest BCUT2D eigenvalue weighted by molar-refractivity contribution is 7.41. The van der Waals surface area contributed by atoms with Gasteiger partial charge in [-0.15, -0.1) is 0 Å². The van der Waals surface area contributed by atoms with Crippen molar-refractivity contribution in [2.24, 2.45) is 0 Å². The maximum Gasteiger partial charge on any atom is 0.595 e. The number of aliphatic hydroxyl groups excluding tert-OH is 1. The molecule has 70 heavy (non-hydrogen) atoms. The van der Waals surface area contributed by atoms with Crippen molar-refractivity contribution < 1.29 is 52.5 Å². The van der Waals surface area contributed by atoms with Gasteiger partial charge in [0.2, 0.25) is 5.75 Å². The number of halogens is 1. The van der Waals surface area contributed by atoms with Crippen LogP contribution in [0.4, 0.5) is 0 Å². The van der Waals surface area contributed by atoms with Crippen LogP contribution in [-0.4, -0.2) is 86.4 Å². The summed E-state index contributed by atoms with van der Waals surface area (Å²) in [7, 11) is 0.424. The van der Waals surface area contributed by atoms with Gasteiger partial charge in [0.15, 0.2) is 6.10 Å². The first-order valence-corrected chi connectivity index (χ1v) is 23.4. The molecule has 0 aliphatic carbocycles. The molecule has 0 radical (unpaired) electrons. The number of nitrogens with one attached hydrogen (secondary N) is 2. The van der Waals surface area contributed by atoms with Crippen LogP contribution in [0.1, 0.15) is 60.0 Å². The molecule has 6 aromatic rings. The van der Waals surface area contributed by atoms with Gasteiger partial charge in [0.05, 0.1) is 38.9 Å². The molecule has 0 saturated carbocycles. The van der Waals surface area contributed by atoms with E-state index in [2.05, 4.69) is 9.97 Å². The van der Waals surface area contributed by atoms with Gasteiger partial charge < -0.3 is 38.6 Å². The summed E-state index contributed by atoms with van der Waals surface area (Å²) in [6, 6.07) is 31.3. The first-order chi connectivity index (χ1) is 33.5. The number of carbonyl (C=O) groups is 1. The van der Waals surface area contributed by atoms with E-state index in [-0.39, 0.29) is 35.8 Å². The minimum atomic E-state index is -2.79. The van der Waals surface area contributed by atoms with E-state index in [0.717, 1.165) is 21.3 Å². The maximum absolute atomic E-state index is 12.7. The molecule has 2 aliphatic heterocycles. The molecule has 0 bridgehead atoms. The van der Waals surface area contributed by atoms with Crippen molar-refractivity contribution in [3.63, 3.8) is 0 Å². The summed E-state index contributed by atoms with van der Waals surface area (Å²) in [4.78, 5) is 64.7. The van der Waals surface area contributed by atoms with Crippen molar-refractivity contribution in [1.29, 1.82) is 0 Å². The molecule has 0 spiro atoms. The summed E-state index contributed by atoms with van der Waals surface area (Å²) in [5, 5.41) is 18.6. The number of para-hydroxylation sites is 1. The molecule has 8 rings (SSSR count). The molecule has 2 fully saturated rings. The summed E-state index contributed by atoms with van der Waals surface area (Å²) in [6.07, 6.45) is -1.93. The number of hydrogen-bond acceptors (Lipinski definition) is 15. The first kappa shape index (κ1) is 51.2. The predicted molar refractivity (Wildman–Crippen MR) is 255 cm³/mol. The monoisotopic (exact) mass is 1000 g/mol. The van der Waals surface area contributed by atoms with Gasteiger partial charge in [-0.1, -0.05) is 78.3 Å². The van der Waals surface area contributed by atoms with E-state index >= 15 is 0 Å². The number of aryl methyl sites for hydroxylation is 2. The van der Waals surface area contributed by atoms with Crippen LogP contribution < -0.4 is 36.5 Å². The van der Waals surface area contributed by atoms with Crippen LogP contribution in [-0.2, 0) is 33.9 Å². The molecule has 19 nitrogen and oxygen atoms in total. The largest absolute Gasteiger partial charge is 0.595 e. The van der Waals surface area contributed by atoms with E-state index in [0.29, 0.717) is 17.1 Å². The Morgan fingerprint density at radius 1 is 0.786 bits per heavy atom. The van der Waals surface area contributed by atoms with Crippen molar-refractivity contribution in [3.05, 3.63) is 190 Å². The number of rotatable bonds is 15. The highest BCUT2D eigenvalue weighted by Gasteiger charge is 2.64. The van der Waals surface area contributed by atoms with E-state index in [9.17, 15) is 38.8 Å². The lowest BCUT2D eigenvalue weighted by Crippen LogP contribution is -2.39. The standard InChI is InChI=1S/C33H34N2O8.C16H16ClN2O7P/c1-21-19-35(32(38)34-31(21)37)30-18-28(42-22(2)36)29(43-30)20-41-33(23-8-6-5-7-9-23,24-10-14-26(39-3)15-11-24)25-12-16-27(40-4)17-13-25;1-9-7-19(15(22)18-14(9)21)13-6-16(23,12(8-20)25-13)27(24)26-11-5-3-2-4-10(11)17/h5-17,19,28-30H,18,20H2,1-4H3,(H,34,37,38);2-5,7,12-13,20,23H,6,8H2,1H3/p+1/t28-,29+,30+;12-,13-,16-/m01/s1. The second-order valence-corrected chi connectivity index (χ2v) is 18.3. The number of esters is 1. The average molecular weight is 1000 g/mol. The Morgan fingerprint density at radius 3 is 1.81 bits per heavy atom. The highest BCUT2D eigenvalue weighted by Crippen LogP contribution is 2.52. The van der Waals surface area contributed by atoms with Gasteiger partial charge in [-0.2, -0.15) is 0 Å². The van der Waals surface area contributed by atoms with E-state index in [4.69, 9.17) is 44.5 Å². The molecule has 21 heteroatoms. The smallest absolute Gasteiger partial charge is 0.497 e. The number of benzene rings is 4. The van der Waals surface area contributed by atoms with Gasteiger partial charge in [-0.25, -0.2) is 9.59 Å². The molecule has 4 heterocycles. The predicted octanol–water partition coefficient (Wildman–Crippen LogP) is 5.38. The zero-order valence-corrected chi connectivity index (χ0v) is 40.3. The van der Waals surface area contributed by atoms with Crippen LogP contribution in [0.5, 0.6) is 17.2 Å². The van der Waals surface area contributed by atoms with Gasteiger partial charge in [0.1, 0.15) is 41.8 Å². The molecular weight excluding hydrogens is 951 g/mol. The van der Waals surface area contributed by atoms with Crippen molar-refractivity contribution in [2.75, 3.05) is 27.4 Å². The van der Waals surface area contributed by atoms with Gasteiger partial charge in [-0.05, 0) is 71.5 Å². The quantitative estimate of drug-likeness (QED) is 0.0573. The summed E-state index contributed by atoms with van der Waals surface area (Å²) in [5.74, 6) is 1.01. The van der Waals surface area contributed by atoms with Gasteiger partial charge in [-0.3, -0.25) is 38.0 Å². The number of aromatic amines is 2. The summed E-state index contributed by atoms with van der Waals surface area (Å²) in [6.45, 7) is 3.77. The van der Waals surface area contributed by atoms with Crippen LogP contribution in [0, 0.1) is 13.8 Å². The first-order valence-electron chi connectivity index (χ1n) is 21.8. The Balaban J connectivity index is 0.000000229. The van der Waals surface area contributed by atoms with Crippen LogP contribution >= 0.6 is 19.6 Å². The fourth-order valence-corrected chi connectivity index (χ4v) is 9.61. The number of aliphatic hydroxyl groups is 2. The fraction of sp³-hybridized carbons (Fsp3) is 0.327. The van der Waals surface area contributed by atoms with Crippen molar-refractivity contribution in [1.82, 2.24) is 19.1 Å². The lowest BCUT2D eigenvalue weighted by molar-refractivity contribution is -0.153. The summed E-state index contributed by atoms with van der Waals surface area (Å²) < 4.78 is 55.7. The topological polar surface area (TPSA) is 249 Å². The zero-order chi connectivity index (χ0) is 50.3. The third-order valence-electron chi connectivity index (χ3n) is 11.9. The lowest BCUT2D eigenvalue weighted by atomic mass is 9.80. The normalized spacial score (nSPS) is 21.0. The molecule has 0 amide bonds. The molecule has 1 unspecified atom stereocenters. The van der Waals surface area contributed by atoms with Gasteiger partial charge in [0.25, 0.3) is 11.1 Å². The van der Waals surface area contributed by atoms with Gasteiger partial charge >= 0.3 is 30.7 Å². The van der Waals surface area contributed by atoms with E-state index in [1.807, 2.05) is 78.9 Å². The highest BCUT2D eigenvalue weighted by atomic mass is 35.5. The molecule has 2 aliphatic rings. The van der Waals surface area contributed by atoms with Crippen LogP contribution in [0.25, 0.3) is 0 Å². The molecule has 368 valence electrons. The average Bonchev–Trinajstić information content (AvgIpc) is 3.92. The fourth-order valence-electron chi connectivity index (χ4n) is 8.21. The number of ether oxygens (including phenoxy) is 6. The molecule has 4 aromatic carbocycles. The van der Waals surface area contributed by atoms with Crippen LogP contribution in [0.3, 0.4) is 0 Å². The molecular formula is C49H51ClN4O15P+. The Hall–Kier alpha value is -6.70. The minimum absolute atomic E-state index is 0.00150. The summed E-state index contributed by atoms with van der Waals surface area (Å²) in [5.41, 5.74) is -0.368. The number of hydrogen-bond donors (Lipinski definition) is 4. The van der Waals surface area contributed by atoms with Crippen molar-refractivity contribution in [2.45, 2.75) is 75.3 Å². The van der Waals surface area contributed by atoms with Gasteiger partial charge in [0, 0.05) is 36.9 Å². The van der Waals surface area contributed by atoms with Crippen molar-refractivity contribution >= 4 is 25.6 Å². The molecule has 2 aromatic heterocycles. The Morgan fingerprint density at radius 2 is 1.30 bits per heavy atom. The third kappa shape index (κ3) is 10.9. The van der Waals surface area contributed by atoms with Crippen molar-refractivity contribution in [3.8, 4) is 17.2 Å². The number of aromatic nitrogens is 4.